The Bertz CT molecular complexity index is 328. The highest BCUT2D eigenvalue weighted by molar-refractivity contribution is 8.00. The zero-order valence-electron chi connectivity index (χ0n) is 11.9. The van der Waals surface area contributed by atoms with Crippen LogP contribution in [0.5, 0.6) is 0 Å². The van der Waals surface area contributed by atoms with E-state index >= 15 is 0 Å². The average Bonchev–Trinajstić information content (AvgIpc) is 2.26. The summed E-state index contributed by atoms with van der Waals surface area (Å²) < 4.78 is 0.188. The van der Waals surface area contributed by atoms with Crippen molar-refractivity contribution in [3.8, 4) is 0 Å². The van der Waals surface area contributed by atoms with Crippen LogP contribution in [0.1, 0.15) is 46.5 Å². The molecule has 2 aliphatic rings. The third kappa shape index (κ3) is 3.02. The predicted octanol–water partition coefficient (Wildman–Crippen LogP) is 2.25. The second-order valence-corrected chi connectivity index (χ2v) is 8.47. The number of hydrogen-bond acceptors (Lipinski definition) is 3. The summed E-state index contributed by atoms with van der Waals surface area (Å²) in [6.45, 7) is 8.25. The van der Waals surface area contributed by atoms with E-state index in [9.17, 15) is 4.79 Å². The number of nitrogens with zero attached hydrogens (tertiary/aromatic N) is 1. The van der Waals surface area contributed by atoms with Gasteiger partial charge in [0.1, 0.15) is 0 Å². The van der Waals surface area contributed by atoms with E-state index in [2.05, 4.69) is 25.7 Å². The van der Waals surface area contributed by atoms with E-state index in [0.29, 0.717) is 5.91 Å². The van der Waals surface area contributed by atoms with Gasteiger partial charge in [0.05, 0.1) is 5.92 Å². The second-order valence-electron chi connectivity index (χ2n) is 6.67. The Hall–Kier alpha value is -0.220. The van der Waals surface area contributed by atoms with Crippen LogP contribution in [-0.2, 0) is 4.79 Å². The van der Waals surface area contributed by atoms with Crippen LogP contribution in [0.15, 0.2) is 0 Å². The number of rotatable bonds is 1. The lowest BCUT2D eigenvalue weighted by Gasteiger charge is -2.43. The molecule has 1 heterocycles. The minimum Gasteiger partial charge on any atom is -0.340 e. The van der Waals surface area contributed by atoms with Gasteiger partial charge in [-0.15, -0.1) is 0 Å². The maximum absolute atomic E-state index is 12.7. The van der Waals surface area contributed by atoms with Gasteiger partial charge in [-0.2, -0.15) is 11.8 Å². The van der Waals surface area contributed by atoms with Crippen LogP contribution in [0.2, 0.25) is 0 Å². The molecule has 0 aromatic heterocycles. The fourth-order valence-electron chi connectivity index (χ4n) is 3.19. The third-order valence-electron chi connectivity index (χ3n) is 4.29. The molecule has 2 N–H and O–H groups in total. The van der Waals surface area contributed by atoms with Crippen molar-refractivity contribution in [1.29, 1.82) is 0 Å². The van der Waals surface area contributed by atoms with Gasteiger partial charge in [-0.3, -0.25) is 4.79 Å². The first-order valence-electron chi connectivity index (χ1n) is 7.03. The quantitative estimate of drug-likeness (QED) is 0.795. The lowest BCUT2D eigenvalue weighted by molar-refractivity contribution is -0.139. The number of thioether (sulfide) groups is 1. The standard InChI is InChI=1S/C14H26N2OS/c1-13(2)10-16(8-9-18-13)12(17)11-6-4-5-7-14(11,3)15/h11H,4-10,15H2,1-3H3. The van der Waals surface area contributed by atoms with Crippen LogP contribution >= 0.6 is 11.8 Å². The minimum absolute atomic E-state index is 0.0325. The molecule has 1 amide bonds. The highest BCUT2D eigenvalue weighted by atomic mass is 32.2. The molecule has 18 heavy (non-hydrogen) atoms. The second kappa shape index (κ2) is 5.04. The molecule has 104 valence electrons. The van der Waals surface area contributed by atoms with Gasteiger partial charge in [0.25, 0.3) is 0 Å². The molecule has 1 saturated heterocycles. The summed E-state index contributed by atoms with van der Waals surface area (Å²) in [5.41, 5.74) is 6.04. The van der Waals surface area contributed by atoms with Gasteiger partial charge < -0.3 is 10.6 Å². The van der Waals surface area contributed by atoms with Gasteiger partial charge in [-0.25, -0.2) is 0 Å². The SMILES string of the molecule is CC1(C)CN(C(=O)C2CCCCC2(C)N)CCS1. The van der Waals surface area contributed by atoms with Gasteiger partial charge in [-0.05, 0) is 33.6 Å². The molecule has 0 spiro atoms. The summed E-state index contributed by atoms with van der Waals surface area (Å²) in [7, 11) is 0. The fourth-order valence-corrected chi connectivity index (χ4v) is 4.30. The molecule has 0 radical (unpaired) electrons. The topological polar surface area (TPSA) is 46.3 Å². The summed E-state index contributed by atoms with van der Waals surface area (Å²) in [6, 6.07) is 0. The summed E-state index contributed by atoms with van der Waals surface area (Å²) in [5, 5.41) is 0. The molecule has 0 aromatic carbocycles. The highest BCUT2D eigenvalue weighted by Crippen LogP contribution is 2.35. The van der Waals surface area contributed by atoms with Crippen molar-refractivity contribution in [2.24, 2.45) is 11.7 Å². The van der Waals surface area contributed by atoms with Gasteiger partial charge in [0.15, 0.2) is 0 Å². The van der Waals surface area contributed by atoms with Crippen molar-refractivity contribution < 1.29 is 4.79 Å². The van der Waals surface area contributed by atoms with Crippen LogP contribution in [0.4, 0.5) is 0 Å². The Labute approximate surface area is 115 Å². The summed E-state index contributed by atoms with van der Waals surface area (Å²) in [6.07, 6.45) is 4.26. The fraction of sp³-hybridized carbons (Fsp3) is 0.929. The molecule has 1 saturated carbocycles. The van der Waals surface area contributed by atoms with Crippen molar-refractivity contribution in [2.75, 3.05) is 18.8 Å². The molecule has 3 nitrogen and oxygen atoms in total. The Morgan fingerprint density at radius 3 is 2.67 bits per heavy atom. The van der Waals surface area contributed by atoms with E-state index in [-0.39, 0.29) is 16.2 Å². The molecule has 2 atom stereocenters. The summed E-state index contributed by atoms with van der Waals surface area (Å²) in [5.74, 6) is 1.38. The molecular weight excluding hydrogens is 244 g/mol. The normalized spacial score (nSPS) is 36.4. The Morgan fingerprint density at radius 2 is 2.06 bits per heavy atom. The predicted molar refractivity (Wildman–Crippen MR) is 77.7 cm³/mol. The van der Waals surface area contributed by atoms with Crippen LogP contribution < -0.4 is 5.73 Å². The molecule has 0 bridgehead atoms. The first kappa shape index (κ1) is 14.2. The smallest absolute Gasteiger partial charge is 0.227 e. The monoisotopic (exact) mass is 270 g/mol. The minimum atomic E-state index is -0.302. The van der Waals surface area contributed by atoms with E-state index in [1.54, 1.807) is 0 Å². The maximum Gasteiger partial charge on any atom is 0.227 e. The molecule has 2 unspecified atom stereocenters. The number of carbonyl (C=O) groups is 1. The van der Waals surface area contributed by atoms with Gasteiger partial charge in [0.2, 0.25) is 5.91 Å². The van der Waals surface area contributed by atoms with Crippen LogP contribution in [0, 0.1) is 5.92 Å². The van der Waals surface area contributed by atoms with E-state index in [4.69, 9.17) is 5.73 Å². The average molecular weight is 270 g/mol. The Morgan fingerprint density at radius 1 is 1.33 bits per heavy atom. The first-order chi connectivity index (χ1) is 8.32. The maximum atomic E-state index is 12.7. The van der Waals surface area contributed by atoms with Crippen LogP contribution in [-0.4, -0.2) is 39.9 Å². The van der Waals surface area contributed by atoms with E-state index in [1.165, 1.54) is 0 Å². The van der Waals surface area contributed by atoms with E-state index < -0.39 is 0 Å². The molecule has 2 rings (SSSR count). The molecule has 2 fully saturated rings. The van der Waals surface area contributed by atoms with Gasteiger partial charge in [0, 0.05) is 29.1 Å². The largest absolute Gasteiger partial charge is 0.340 e. The van der Waals surface area contributed by atoms with Gasteiger partial charge >= 0.3 is 0 Å². The summed E-state index contributed by atoms with van der Waals surface area (Å²) in [4.78, 5) is 14.7. The lowest BCUT2D eigenvalue weighted by Crippen LogP contribution is -2.56. The van der Waals surface area contributed by atoms with Gasteiger partial charge in [-0.1, -0.05) is 12.8 Å². The zero-order valence-corrected chi connectivity index (χ0v) is 12.7. The van der Waals surface area contributed by atoms with Crippen molar-refractivity contribution >= 4 is 17.7 Å². The highest BCUT2D eigenvalue weighted by Gasteiger charge is 2.41. The van der Waals surface area contributed by atoms with Crippen LogP contribution in [0.3, 0.4) is 0 Å². The first-order valence-corrected chi connectivity index (χ1v) is 8.02. The number of amides is 1. The Kier molecular flexibility index (Phi) is 3.98. The molecular formula is C14H26N2OS. The van der Waals surface area contributed by atoms with Crippen molar-refractivity contribution in [2.45, 2.75) is 56.7 Å². The molecule has 1 aliphatic heterocycles. The Balaban J connectivity index is 2.06. The molecule has 4 heteroatoms. The lowest BCUT2D eigenvalue weighted by atomic mass is 9.74. The van der Waals surface area contributed by atoms with Crippen molar-refractivity contribution in [3.63, 3.8) is 0 Å². The summed E-state index contributed by atoms with van der Waals surface area (Å²) >= 11 is 1.96. The molecule has 0 aromatic rings. The van der Waals surface area contributed by atoms with E-state index in [1.807, 2.05) is 11.8 Å². The molecule has 1 aliphatic carbocycles. The van der Waals surface area contributed by atoms with Crippen molar-refractivity contribution in [1.82, 2.24) is 4.90 Å². The number of carbonyl (C=O) groups excluding carboxylic acids is 1. The zero-order chi connectivity index (χ0) is 13.4. The number of hydrogen-bond donors (Lipinski definition) is 1. The van der Waals surface area contributed by atoms with E-state index in [0.717, 1.165) is 44.5 Å². The van der Waals surface area contributed by atoms with Crippen LogP contribution in [0.25, 0.3) is 0 Å². The van der Waals surface area contributed by atoms with Crippen molar-refractivity contribution in [3.05, 3.63) is 0 Å². The third-order valence-corrected chi connectivity index (χ3v) is 5.59. The number of nitrogens with two attached hydrogens (primary N) is 1.